The minimum absolute atomic E-state index is 0.261. The lowest BCUT2D eigenvalue weighted by Gasteiger charge is -2.04. The molecule has 0 aromatic heterocycles. The molecule has 0 aliphatic rings. The summed E-state index contributed by atoms with van der Waals surface area (Å²) in [6, 6.07) is 15.6. The Morgan fingerprint density at radius 1 is 1.05 bits per heavy atom. The normalized spacial score (nSPS) is 9.55. The van der Waals surface area contributed by atoms with E-state index in [1.54, 1.807) is 0 Å². The molecule has 0 radical (unpaired) electrons. The van der Waals surface area contributed by atoms with Gasteiger partial charge in [0, 0.05) is 5.56 Å². The van der Waals surface area contributed by atoms with Gasteiger partial charge in [0.15, 0.2) is 0 Å². The van der Waals surface area contributed by atoms with E-state index in [1.807, 2.05) is 62.4 Å². The average Bonchev–Trinajstić information content (AvgIpc) is 2.53. The Balaban J connectivity index is 1.79. The van der Waals surface area contributed by atoms with Gasteiger partial charge >= 0.3 is 6.09 Å². The van der Waals surface area contributed by atoms with Crippen molar-refractivity contribution in [3.63, 3.8) is 0 Å². The maximum absolute atomic E-state index is 11.6. The second-order valence-corrected chi connectivity index (χ2v) is 4.98. The minimum Gasteiger partial charge on any atom is -0.445 e. The molecule has 0 saturated heterocycles. The first-order valence-corrected chi connectivity index (χ1v) is 7.16. The number of amides is 1. The lowest BCUT2D eigenvalue weighted by Crippen LogP contribution is -2.24. The molecule has 2 aromatic carbocycles. The summed E-state index contributed by atoms with van der Waals surface area (Å²) in [5, 5.41) is 2.63. The van der Waals surface area contributed by atoms with Crippen LogP contribution >= 0.6 is 0 Å². The second kappa shape index (κ2) is 7.90. The third kappa shape index (κ3) is 4.68. The van der Waals surface area contributed by atoms with E-state index in [-0.39, 0.29) is 13.2 Å². The van der Waals surface area contributed by atoms with Gasteiger partial charge in [-0.1, -0.05) is 60.4 Å². The van der Waals surface area contributed by atoms with Crippen LogP contribution in [0.3, 0.4) is 0 Å². The Labute approximate surface area is 131 Å². The number of nitrogens with one attached hydrogen (secondary N) is 1. The number of carbonyl (C=O) groups excluding carboxylic acids is 1. The average molecular weight is 293 g/mol. The van der Waals surface area contributed by atoms with Crippen LogP contribution in [0, 0.1) is 25.7 Å². The Bertz CT molecular complexity index is 676. The van der Waals surface area contributed by atoms with Crippen molar-refractivity contribution in [1.29, 1.82) is 0 Å². The highest BCUT2D eigenvalue weighted by atomic mass is 16.5. The third-order valence-corrected chi connectivity index (χ3v) is 3.23. The van der Waals surface area contributed by atoms with E-state index in [1.165, 1.54) is 0 Å². The summed E-state index contributed by atoms with van der Waals surface area (Å²) in [4.78, 5) is 11.6. The molecule has 0 atom stereocenters. The molecule has 0 aliphatic heterocycles. The van der Waals surface area contributed by atoms with Crippen molar-refractivity contribution in [3.8, 4) is 11.8 Å². The second-order valence-electron chi connectivity index (χ2n) is 4.98. The van der Waals surface area contributed by atoms with E-state index in [4.69, 9.17) is 4.74 Å². The molecule has 0 spiro atoms. The molecule has 0 aliphatic carbocycles. The quantitative estimate of drug-likeness (QED) is 0.878. The summed E-state index contributed by atoms with van der Waals surface area (Å²) >= 11 is 0. The van der Waals surface area contributed by atoms with Crippen molar-refractivity contribution in [2.24, 2.45) is 0 Å². The van der Waals surface area contributed by atoms with Gasteiger partial charge < -0.3 is 10.1 Å². The van der Waals surface area contributed by atoms with E-state index in [0.29, 0.717) is 0 Å². The molecule has 3 nitrogen and oxygen atoms in total. The van der Waals surface area contributed by atoms with Gasteiger partial charge in [0.05, 0.1) is 6.54 Å². The summed E-state index contributed by atoms with van der Waals surface area (Å²) in [6.45, 7) is 4.58. The highest BCUT2D eigenvalue weighted by Crippen LogP contribution is 2.10. The molecule has 2 aromatic rings. The first-order chi connectivity index (χ1) is 10.7. The largest absolute Gasteiger partial charge is 0.445 e. The van der Waals surface area contributed by atoms with Gasteiger partial charge in [-0.25, -0.2) is 4.79 Å². The van der Waals surface area contributed by atoms with Gasteiger partial charge in [-0.2, -0.15) is 0 Å². The van der Waals surface area contributed by atoms with Crippen LogP contribution in [-0.2, 0) is 11.3 Å². The van der Waals surface area contributed by atoms with Crippen molar-refractivity contribution in [3.05, 3.63) is 70.8 Å². The first kappa shape index (κ1) is 15.7. The van der Waals surface area contributed by atoms with Crippen LogP contribution in [0.15, 0.2) is 48.5 Å². The maximum Gasteiger partial charge on any atom is 0.408 e. The molecule has 1 amide bonds. The number of ether oxygens (including phenoxy) is 1. The van der Waals surface area contributed by atoms with Crippen LogP contribution in [0.5, 0.6) is 0 Å². The summed E-state index contributed by atoms with van der Waals surface area (Å²) in [7, 11) is 0. The van der Waals surface area contributed by atoms with E-state index in [9.17, 15) is 4.79 Å². The van der Waals surface area contributed by atoms with Crippen molar-refractivity contribution < 1.29 is 9.53 Å². The standard InChI is InChI=1S/C19H19NO2/c1-15-8-6-9-16(2)18(15)12-7-13-20-19(21)22-14-17-10-4-3-5-11-17/h3-6,8-11H,13-14H2,1-2H3,(H,20,21). The van der Waals surface area contributed by atoms with Gasteiger partial charge in [0.25, 0.3) is 0 Å². The predicted molar refractivity (Wildman–Crippen MR) is 87.4 cm³/mol. The van der Waals surface area contributed by atoms with Crippen LogP contribution in [0.2, 0.25) is 0 Å². The molecule has 3 heteroatoms. The van der Waals surface area contributed by atoms with Crippen molar-refractivity contribution in [2.75, 3.05) is 6.54 Å². The first-order valence-electron chi connectivity index (χ1n) is 7.16. The van der Waals surface area contributed by atoms with Crippen LogP contribution in [0.4, 0.5) is 4.79 Å². The minimum atomic E-state index is -0.459. The lowest BCUT2D eigenvalue weighted by atomic mass is 10.0. The van der Waals surface area contributed by atoms with Crippen molar-refractivity contribution in [2.45, 2.75) is 20.5 Å². The summed E-state index contributed by atoms with van der Waals surface area (Å²) < 4.78 is 5.11. The number of hydrogen-bond donors (Lipinski definition) is 1. The number of benzene rings is 2. The Hall–Kier alpha value is -2.73. The zero-order valence-corrected chi connectivity index (χ0v) is 12.8. The highest BCUT2D eigenvalue weighted by Gasteiger charge is 2.00. The van der Waals surface area contributed by atoms with Gasteiger partial charge in [-0.15, -0.1) is 0 Å². The molecule has 0 unspecified atom stereocenters. The Kier molecular flexibility index (Phi) is 5.62. The SMILES string of the molecule is Cc1cccc(C)c1C#CCNC(=O)OCc1ccccc1. The number of aryl methyl sites for hydroxylation is 2. The summed E-state index contributed by atoms with van der Waals surface area (Å²) in [5.74, 6) is 6.04. The topological polar surface area (TPSA) is 38.3 Å². The fraction of sp³-hybridized carbons (Fsp3) is 0.211. The van der Waals surface area contributed by atoms with Crippen molar-refractivity contribution >= 4 is 6.09 Å². The number of hydrogen-bond acceptors (Lipinski definition) is 2. The zero-order chi connectivity index (χ0) is 15.8. The molecule has 0 bridgehead atoms. The molecule has 2 rings (SSSR count). The molecule has 0 fully saturated rings. The Morgan fingerprint density at radius 3 is 2.41 bits per heavy atom. The Morgan fingerprint density at radius 2 is 1.73 bits per heavy atom. The van der Waals surface area contributed by atoms with Gasteiger partial charge in [-0.3, -0.25) is 0 Å². The highest BCUT2D eigenvalue weighted by molar-refractivity contribution is 5.67. The fourth-order valence-corrected chi connectivity index (χ4v) is 2.03. The maximum atomic E-state index is 11.6. The zero-order valence-electron chi connectivity index (χ0n) is 12.8. The number of carbonyl (C=O) groups is 1. The van der Waals surface area contributed by atoms with Crippen LogP contribution in [-0.4, -0.2) is 12.6 Å². The van der Waals surface area contributed by atoms with Crippen LogP contribution in [0.25, 0.3) is 0 Å². The van der Waals surface area contributed by atoms with Gasteiger partial charge in [0.1, 0.15) is 6.61 Å². The molecule has 22 heavy (non-hydrogen) atoms. The molecule has 0 saturated carbocycles. The van der Waals surface area contributed by atoms with Crippen LogP contribution in [0.1, 0.15) is 22.3 Å². The van der Waals surface area contributed by atoms with Gasteiger partial charge in [0.2, 0.25) is 0 Å². The summed E-state index contributed by atoms with van der Waals surface area (Å²) in [6.07, 6.45) is -0.459. The smallest absolute Gasteiger partial charge is 0.408 e. The lowest BCUT2D eigenvalue weighted by molar-refractivity contribution is 0.141. The molecule has 1 N–H and O–H groups in total. The van der Waals surface area contributed by atoms with Gasteiger partial charge in [-0.05, 0) is 30.5 Å². The molecule has 112 valence electrons. The molecular formula is C19H19NO2. The number of alkyl carbamates (subject to hydrolysis) is 1. The fourth-order valence-electron chi connectivity index (χ4n) is 2.03. The summed E-state index contributed by atoms with van der Waals surface area (Å²) in [5.41, 5.74) is 4.25. The predicted octanol–water partition coefficient (Wildman–Crippen LogP) is 3.58. The van der Waals surface area contributed by atoms with E-state index in [0.717, 1.165) is 22.3 Å². The monoisotopic (exact) mass is 293 g/mol. The third-order valence-electron chi connectivity index (χ3n) is 3.23. The number of rotatable bonds is 3. The van der Waals surface area contributed by atoms with Crippen molar-refractivity contribution in [1.82, 2.24) is 5.32 Å². The van der Waals surface area contributed by atoms with E-state index in [2.05, 4.69) is 17.2 Å². The van der Waals surface area contributed by atoms with E-state index < -0.39 is 6.09 Å². The van der Waals surface area contributed by atoms with Crippen LogP contribution < -0.4 is 5.32 Å². The molecular weight excluding hydrogens is 274 g/mol. The molecule has 0 heterocycles. The van der Waals surface area contributed by atoms with E-state index >= 15 is 0 Å².